The van der Waals surface area contributed by atoms with Crippen molar-refractivity contribution in [3.63, 3.8) is 0 Å². The summed E-state index contributed by atoms with van der Waals surface area (Å²) >= 11 is 0. The molecule has 0 atom stereocenters. The minimum atomic E-state index is -4.44. The Balaban J connectivity index is 1.44. The van der Waals surface area contributed by atoms with Gasteiger partial charge in [0.25, 0.3) is 5.91 Å². The highest BCUT2D eigenvalue weighted by atomic mass is 19.4. The Morgan fingerprint density at radius 1 is 1.00 bits per heavy atom. The van der Waals surface area contributed by atoms with Crippen molar-refractivity contribution in [3.05, 3.63) is 71.9 Å². The molecule has 0 spiro atoms. The van der Waals surface area contributed by atoms with Crippen LogP contribution in [0.3, 0.4) is 0 Å². The van der Waals surface area contributed by atoms with Crippen molar-refractivity contribution in [1.29, 1.82) is 0 Å². The summed E-state index contributed by atoms with van der Waals surface area (Å²) in [7, 11) is 0. The van der Waals surface area contributed by atoms with Crippen LogP contribution in [0, 0.1) is 0 Å². The molecule has 2 aromatic heterocycles. The van der Waals surface area contributed by atoms with Gasteiger partial charge in [-0.25, -0.2) is 0 Å². The monoisotopic (exact) mass is 398 g/mol. The lowest BCUT2D eigenvalue weighted by atomic mass is 10.1. The number of halogens is 3. The minimum absolute atomic E-state index is 0.235. The fraction of sp³-hybridized carbons (Fsp3) is 0.0526. The first-order valence-electron chi connectivity index (χ1n) is 8.41. The highest BCUT2D eigenvalue weighted by Crippen LogP contribution is 2.31. The van der Waals surface area contributed by atoms with Gasteiger partial charge in [0.05, 0.1) is 23.0 Å². The number of H-pyrrole nitrogens is 1. The molecule has 7 nitrogen and oxygen atoms in total. The van der Waals surface area contributed by atoms with E-state index in [1.165, 1.54) is 24.3 Å². The third-order valence-electron chi connectivity index (χ3n) is 4.16. The molecule has 1 amide bonds. The summed E-state index contributed by atoms with van der Waals surface area (Å²) in [6, 6.07) is 12.9. The number of hydrazine groups is 1. The van der Waals surface area contributed by atoms with Gasteiger partial charge in [-0.05, 0) is 42.5 Å². The quantitative estimate of drug-likeness (QED) is 0.455. The molecule has 0 aliphatic heterocycles. The lowest BCUT2D eigenvalue weighted by Gasteiger charge is -2.09. The van der Waals surface area contributed by atoms with Gasteiger partial charge in [-0.2, -0.15) is 18.3 Å². The molecule has 10 heteroatoms. The number of anilines is 1. The van der Waals surface area contributed by atoms with Crippen molar-refractivity contribution in [2.45, 2.75) is 6.18 Å². The van der Waals surface area contributed by atoms with E-state index in [4.69, 9.17) is 0 Å². The SMILES string of the molecule is O=C(NNc1ccc(-c2cccc(C(F)(F)F)c2)nn1)c1ccc2[nH]ncc2c1. The van der Waals surface area contributed by atoms with Crippen LogP contribution in [0.2, 0.25) is 0 Å². The normalized spacial score (nSPS) is 11.4. The Kier molecular flexibility index (Phi) is 4.59. The number of alkyl halides is 3. The van der Waals surface area contributed by atoms with Crippen LogP contribution in [0.5, 0.6) is 0 Å². The molecule has 146 valence electrons. The van der Waals surface area contributed by atoms with Gasteiger partial charge in [0.15, 0.2) is 5.82 Å². The molecule has 0 unspecified atom stereocenters. The van der Waals surface area contributed by atoms with Crippen molar-refractivity contribution in [3.8, 4) is 11.3 Å². The van der Waals surface area contributed by atoms with E-state index in [2.05, 4.69) is 31.2 Å². The van der Waals surface area contributed by atoms with Crippen LogP contribution in [0.25, 0.3) is 22.2 Å². The molecule has 0 saturated heterocycles. The van der Waals surface area contributed by atoms with Crippen molar-refractivity contribution < 1.29 is 18.0 Å². The summed E-state index contributed by atoms with van der Waals surface area (Å²) < 4.78 is 38.5. The Labute approximate surface area is 161 Å². The fourth-order valence-electron chi connectivity index (χ4n) is 2.68. The molecule has 0 fully saturated rings. The number of hydrogen-bond acceptors (Lipinski definition) is 5. The van der Waals surface area contributed by atoms with Crippen LogP contribution in [-0.2, 0) is 6.18 Å². The van der Waals surface area contributed by atoms with Crippen molar-refractivity contribution >= 4 is 22.6 Å². The van der Waals surface area contributed by atoms with Crippen molar-refractivity contribution in [2.75, 3.05) is 5.43 Å². The topological polar surface area (TPSA) is 95.6 Å². The summed E-state index contributed by atoms with van der Waals surface area (Å²) in [6.45, 7) is 0. The first kappa shape index (κ1) is 18.4. The summed E-state index contributed by atoms with van der Waals surface area (Å²) in [5.74, 6) is -0.157. The zero-order chi connectivity index (χ0) is 20.4. The van der Waals surface area contributed by atoms with E-state index in [0.29, 0.717) is 5.56 Å². The lowest BCUT2D eigenvalue weighted by molar-refractivity contribution is -0.137. The van der Waals surface area contributed by atoms with E-state index in [1.807, 2.05) is 0 Å². The van der Waals surface area contributed by atoms with Gasteiger partial charge in [-0.15, -0.1) is 10.2 Å². The van der Waals surface area contributed by atoms with Gasteiger partial charge in [-0.3, -0.25) is 20.7 Å². The van der Waals surface area contributed by atoms with Crippen LogP contribution in [-0.4, -0.2) is 26.3 Å². The van der Waals surface area contributed by atoms with Gasteiger partial charge in [0.1, 0.15) is 0 Å². The minimum Gasteiger partial charge on any atom is -0.280 e. The number of nitrogens with one attached hydrogen (secondary N) is 3. The molecular formula is C19H13F3N6O. The summed E-state index contributed by atoms with van der Waals surface area (Å²) in [5.41, 5.74) is 6.14. The van der Waals surface area contributed by atoms with Crippen molar-refractivity contribution in [1.82, 2.24) is 25.8 Å². The Morgan fingerprint density at radius 3 is 2.62 bits per heavy atom. The van der Waals surface area contributed by atoms with Crippen LogP contribution in [0.1, 0.15) is 15.9 Å². The Hall–Kier alpha value is -3.95. The standard InChI is InChI=1S/C19H13F3N6O/c20-19(21,22)14-3-1-2-11(9-14)15-6-7-17(26-25-15)27-28-18(29)12-4-5-16-13(8-12)10-23-24-16/h1-10H,(H,23,24)(H,26,27)(H,28,29). The van der Waals surface area contributed by atoms with E-state index in [1.54, 1.807) is 24.4 Å². The molecule has 2 aromatic carbocycles. The largest absolute Gasteiger partial charge is 0.416 e. The van der Waals surface area contributed by atoms with Gasteiger partial charge >= 0.3 is 6.18 Å². The predicted octanol–water partition coefficient (Wildman–Crippen LogP) is 3.80. The van der Waals surface area contributed by atoms with E-state index >= 15 is 0 Å². The highest BCUT2D eigenvalue weighted by molar-refractivity contribution is 5.98. The maximum atomic E-state index is 12.8. The van der Waals surface area contributed by atoms with E-state index in [-0.39, 0.29) is 17.1 Å². The van der Waals surface area contributed by atoms with E-state index < -0.39 is 17.6 Å². The number of carbonyl (C=O) groups is 1. The molecule has 0 radical (unpaired) electrons. The molecule has 0 bridgehead atoms. The van der Waals surface area contributed by atoms with Gasteiger partial charge in [-0.1, -0.05) is 12.1 Å². The van der Waals surface area contributed by atoms with E-state index in [9.17, 15) is 18.0 Å². The van der Waals surface area contributed by atoms with Crippen LogP contribution >= 0.6 is 0 Å². The second-order valence-corrected chi connectivity index (χ2v) is 6.13. The highest BCUT2D eigenvalue weighted by Gasteiger charge is 2.30. The molecule has 2 heterocycles. The zero-order valence-electron chi connectivity index (χ0n) is 14.7. The van der Waals surface area contributed by atoms with Crippen LogP contribution in [0.4, 0.5) is 19.0 Å². The third-order valence-corrected chi connectivity index (χ3v) is 4.16. The molecule has 4 aromatic rings. The maximum Gasteiger partial charge on any atom is 0.416 e. The average molecular weight is 398 g/mol. The van der Waals surface area contributed by atoms with E-state index in [0.717, 1.165) is 23.0 Å². The predicted molar refractivity (Wildman–Crippen MR) is 99.7 cm³/mol. The number of aromatic nitrogens is 4. The first-order chi connectivity index (χ1) is 13.9. The van der Waals surface area contributed by atoms with Crippen molar-refractivity contribution in [2.24, 2.45) is 0 Å². The van der Waals surface area contributed by atoms with Gasteiger partial charge < -0.3 is 0 Å². The summed E-state index contributed by atoms with van der Waals surface area (Å²) in [5, 5.41) is 15.3. The average Bonchev–Trinajstić information content (AvgIpc) is 3.20. The molecule has 0 aliphatic carbocycles. The second kappa shape index (κ2) is 7.23. The number of nitrogens with zero attached hydrogens (tertiary/aromatic N) is 3. The summed E-state index contributed by atoms with van der Waals surface area (Å²) in [6.07, 6.45) is -2.83. The molecular weight excluding hydrogens is 385 g/mol. The smallest absolute Gasteiger partial charge is 0.280 e. The second-order valence-electron chi connectivity index (χ2n) is 6.13. The molecule has 29 heavy (non-hydrogen) atoms. The number of carbonyl (C=O) groups excluding carboxylic acids is 1. The molecule has 0 aliphatic rings. The Bertz CT molecular complexity index is 1170. The number of amides is 1. The maximum absolute atomic E-state index is 12.8. The zero-order valence-corrected chi connectivity index (χ0v) is 14.7. The van der Waals surface area contributed by atoms with Crippen LogP contribution in [0.15, 0.2) is 60.8 Å². The van der Waals surface area contributed by atoms with Gasteiger partial charge in [0, 0.05) is 16.5 Å². The number of hydrogen-bond donors (Lipinski definition) is 3. The number of rotatable bonds is 4. The Morgan fingerprint density at radius 2 is 1.86 bits per heavy atom. The third kappa shape index (κ3) is 4.00. The first-order valence-corrected chi connectivity index (χ1v) is 8.41. The van der Waals surface area contributed by atoms with Gasteiger partial charge in [0.2, 0.25) is 0 Å². The lowest BCUT2D eigenvalue weighted by Crippen LogP contribution is -2.29. The number of benzene rings is 2. The number of aromatic amines is 1. The molecule has 0 saturated carbocycles. The molecule has 3 N–H and O–H groups in total. The number of fused-ring (bicyclic) bond motifs is 1. The van der Waals surface area contributed by atoms with Crippen LogP contribution < -0.4 is 10.9 Å². The summed E-state index contributed by atoms with van der Waals surface area (Å²) in [4.78, 5) is 12.2. The fourth-order valence-corrected chi connectivity index (χ4v) is 2.68. The molecule has 4 rings (SSSR count).